The van der Waals surface area contributed by atoms with Gasteiger partial charge in [0.2, 0.25) is 5.91 Å². The monoisotopic (exact) mass is 396 g/mol. The quantitative estimate of drug-likeness (QED) is 0.795. The van der Waals surface area contributed by atoms with Gasteiger partial charge in [0, 0.05) is 63.7 Å². The van der Waals surface area contributed by atoms with Gasteiger partial charge in [0.05, 0.1) is 6.04 Å². The van der Waals surface area contributed by atoms with Gasteiger partial charge in [-0.05, 0) is 43.3 Å². The maximum absolute atomic E-state index is 13.1. The van der Waals surface area contributed by atoms with Crippen LogP contribution in [0.25, 0.3) is 0 Å². The number of piperazine rings is 2. The number of carbonyl (C=O) groups excluding carboxylic acids is 1. The smallest absolute Gasteiger partial charge is 0.239 e. The molecular weight excluding hydrogens is 367 g/mol. The molecule has 2 saturated heterocycles. The van der Waals surface area contributed by atoms with E-state index in [1.54, 1.807) is 0 Å². The Morgan fingerprint density at radius 2 is 1.28 bits per heavy atom. The van der Waals surface area contributed by atoms with Gasteiger partial charge in [-0.1, -0.05) is 18.2 Å². The summed E-state index contributed by atoms with van der Waals surface area (Å²) in [6.07, 6.45) is 0. The van der Waals surface area contributed by atoms with Crippen molar-refractivity contribution in [3.8, 4) is 0 Å². The lowest BCUT2D eigenvalue weighted by molar-refractivity contribution is -0.136. The molecule has 2 aliphatic heterocycles. The number of halogens is 1. The molecule has 2 fully saturated rings. The van der Waals surface area contributed by atoms with E-state index in [1.807, 2.05) is 30.0 Å². The van der Waals surface area contributed by atoms with Crippen molar-refractivity contribution in [3.63, 3.8) is 0 Å². The molecule has 0 aromatic heterocycles. The van der Waals surface area contributed by atoms with Crippen LogP contribution in [0.1, 0.15) is 6.92 Å². The van der Waals surface area contributed by atoms with Crippen molar-refractivity contribution in [2.75, 3.05) is 62.2 Å². The zero-order valence-electron chi connectivity index (χ0n) is 17.0. The van der Waals surface area contributed by atoms with Gasteiger partial charge in [-0.15, -0.1) is 0 Å². The Kier molecular flexibility index (Phi) is 6.00. The van der Waals surface area contributed by atoms with Gasteiger partial charge in [-0.2, -0.15) is 0 Å². The number of para-hydroxylation sites is 1. The van der Waals surface area contributed by atoms with Crippen LogP contribution < -0.4 is 9.80 Å². The van der Waals surface area contributed by atoms with E-state index in [0.29, 0.717) is 0 Å². The fourth-order valence-corrected chi connectivity index (χ4v) is 4.26. The molecule has 2 heterocycles. The minimum Gasteiger partial charge on any atom is -0.369 e. The van der Waals surface area contributed by atoms with E-state index in [-0.39, 0.29) is 17.8 Å². The lowest BCUT2D eigenvalue weighted by Gasteiger charge is -2.42. The standard InChI is InChI=1S/C23H29FN4O/c1-19(25-11-13-27(14-12-25)22-9-7-20(24)8-10-22)23(29)28-17-15-26(16-18-28)21-5-3-2-4-6-21/h2-10,19H,11-18H2,1H3/t19-/m1/s1. The summed E-state index contributed by atoms with van der Waals surface area (Å²) in [5.74, 6) is 0.0203. The van der Waals surface area contributed by atoms with E-state index in [2.05, 4.69) is 39.0 Å². The molecule has 1 atom stereocenters. The fourth-order valence-electron chi connectivity index (χ4n) is 4.26. The molecule has 0 bridgehead atoms. The Hall–Kier alpha value is -2.60. The van der Waals surface area contributed by atoms with Crippen LogP contribution in [-0.4, -0.2) is 74.1 Å². The number of nitrogens with zero attached hydrogens (tertiary/aromatic N) is 4. The first-order valence-corrected chi connectivity index (χ1v) is 10.5. The number of benzene rings is 2. The van der Waals surface area contributed by atoms with Crippen molar-refractivity contribution < 1.29 is 9.18 Å². The molecule has 0 aliphatic carbocycles. The number of hydrogen-bond donors (Lipinski definition) is 0. The van der Waals surface area contributed by atoms with Crippen LogP contribution in [0.15, 0.2) is 54.6 Å². The van der Waals surface area contributed by atoms with Gasteiger partial charge in [-0.3, -0.25) is 9.69 Å². The predicted octanol–water partition coefficient (Wildman–Crippen LogP) is 2.69. The van der Waals surface area contributed by atoms with Crippen LogP contribution in [0.2, 0.25) is 0 Å². The van der Waals surface area contributed by atoms with E-state index in [0.717, 1.165) is 58.0 Å². The van der Waals surface area contributed by atoms with Gasteiger partial charge in [0.25, 0.3) is 0 Å². The van der Waals surface area contributed by atoms with Crippen molar-refractivity contribution in [1.82, 2.24) is 9.80 Å². The number of carbonyl (C=O) groups is 1. The summed E-state index contributed by atoms with van der Waals surface area (Å²) in [7, 11) is 0. The molecular formula is C23H29FN4O. The first-order chi connectivity index (χ1) is 14.1. The molecule has 0 unspecified atom stereocenters. The largest absolute Gasteiger partial charge is 0.369 e. The molecule has 5 nitrogen and oxygen atoms in total. The van der Waals surface area contributed by atoms with Crippen molar-refractivity contribution in [3.05, 3.63) is 60.4 Å². The Morgan fingerprint density at radius 3 is 1.86 bits per heavy atom. The molecule has 29 heavy (non-hydrogen) atoms. The first kappa shape index (κ1) is 19.7. The third-order valence-corrected chi connectivity index (χ3v) is 6.12. The van der Waals surface area contributed by atoms with Crippen molar-refractivity contribution in [2.24, 2.45) is 0 Å². The fraction of sp³-hybridized carbons (Fsp3) is 0.435. The first-order valence-electron chi connectivity index (χ1n) is 10.5. The zero-order chi connectivity index (χ0) is 20.2. The minimum absolute atomic E-state index is 0.103. The van der Waals surface area contributed by atoms with Gasteiger partial charge in [0.15, 0.2) is 0 Å². The van der Waals surface area contributed by atoms with E-state index < -0.39 is 0 Å². The normalized spacial score (nSPS) is 19.3. The third-order valence-electron chi connectivity index (χ3n) is 6.12. The summed E-state index contributed by atoms with van der Waals surface area (Å²) in [5, 5.41) is 0. The topological polar surface area (TPSA) is 30.0 Å². The second-order valence-electron chi connectivity index (χ2n) is 7.82. The summed E-state index contributed by atoms with van der Waals surface area (Å²) in [6, 6.07) is 16.9. The lowest BCUT2D eigenvalue weighted by atomic mass is 10.1. The maximum Gasteiger partial charge on any atom is 0.239 e. The van der Waals surface area contributed by atoms with E-state index in [9.17, 15) is 9.18 Å². The molecule has 2 aromatic rings. The van der Waals surface area contributed by atoms with Crippen LogP contribution in [-0.2, 0) is 4.79 Å². The lowest BCUT2D eigenvalue weighted by Crippen LogP contribution is -2.57. The number of hydrogen-bond acceptors (Lipinski definition) is 4. The van der Waals surface area contributed by atoms with Crippen molar-refractivity contribution >= 4 is 17.3 Å². The van der Waals surface area contributed by atoms with E-state index >= 15 is 0 Å². The molecule has 4 rings (SSSR count). The molecule has 0 radical (unpaired) electrons. The molecule has 0 spiro atoms. The highest BCUT2D eigenvalue weighted by molar-refractivity contribution is 5.81. The molecule has 2 aromatic carbocycles. The number of anilines is 2. The summed E-state index contributed by atoms with van der Waals surface area (Å²) >= 11 is 0. The third kappa shape index (κ3) is 4.53. The summed E-state index contributed by atoms with van der Waals surface area (Å²) in [6.45, 7) is 8.71. The van der Waals surface area contributed by atoms with Crippen molar-refractivity contribution in [2.45, 2.75) is 13.0 Å². The Balaban J connectivity index is 1.27. The highest BCUT2D eigenvalue weighted by Gasteiger charge is 2.30. The molecule has 2 aliphatic rings. The summed E-state index contributed by atoms with van der Waals surface area (Å²) in [4.78, 5) is 21.9. The van der Waals surface area contributed by atoms with Crippen LogP contribution in [0.5, 0.6) is 0 Å². The average molecular weight is 397 g/mol. The Labute approximate surface area is 172 Å². The average Bonchev–Trinajstić information content (AvgIpc) is 2.79. The Bertz CT molecular complexity index is 797. The molecule has 0 saturated carbocycles. The minimum atomic E-state index is -0.209. The Morgan fingerprint density at radius 1 is 0.759 bits per heavy atom. The summed E-state index contributed by atoms with van der Waals surface area (Å²) < 4.78 is 13.1. The number of rotatable bonds is 4. The molecule has 6 heteroatoms. The van der Waals surface area contributed by atoms with Crippen LogP contribution >= 0.6 is 0 Å². The SMILES string of the molecule is C[C@H](C(=O)N1CCN(c2ccccc2)CC1)N1CCN(c2ccc(F)cc2)CC1. The predicted molar refractivity (Wildman–Crippen MR) is 115 cm³/mol. The molecule has 1 amide bonds. The highest BCUT2D eigenvalue weighted by atomic mass is 19.1. The highest BCUT2D eigenvalue weighted by Crippen LogP contribution is 2.20. The molecule has 0 N–H and O–H groups in total. The van der Waals surface area contributed by atoms with Gasteiger partial charge in [0.1, 0.15) is 5.82 Å². The second-order valence-corrected chi connectivity index (χ2v) is 7.82. The maximum atomic E-state index is 13.1. The van der Waals surface area contributed by atoms with Crippen LogP contribution in [0, 0.1) is 5.82 Å². The van der Waals surface area contributed by atoms with Gasteiger partial charge < -0.3 is 14.7 Å². The molecule has 154 valence electrons. The van der Waals surface area contributed by atoms with Crippen LogP contribution in [0.4, 0.5) is 15.8 Å². The van der Waals surface area contributed by atoms with Gasteiger partial charge in [-0.25, -0.2) is 4.39 Å². The van der Waals surface area contributed by atoms with Crippen molar-refractivity contribution in [1.29, 1.82) is 0 Å². The van der Waals surface area contributed by atoms with Gasteiger partial charge >= 0.3 is 0 Å². The van der Waals surface area contributed by atoms with E-state index in [4.69, 9.17) is 0 Å². The van der Waals surface area contributed by atoms with E-state index in [1.165, 1.54) is 17.8 Å². The zero-order valence-corrected chi connectivity index (χ0v) is 17.0. The summed E-state index contributed by atoms with van der Waals surface area (Å²) in [5.41, 5.74) is 2.27. The second kappa shape index (κ2) is 8.82. The number of amides is 1. The van der Waals surface area contributed by atoms with Crippen LogP contribution in [0.3, 0.4) is 0 Å².